The molecule has 2 rings (SSSR count). The number of hydrogen-bond donors (Lipinski definition) is 0. The summed E-state index contributed by atoms with van der Waals surface area (Å²) < 4.78 is 70.1. The maximum Gasteiger partial charge on any atom is 0.207 e. The minimum absolute atomic E-state index is 0.118. The van der Waals surface area contributed by atoms with Gasteiger partial charge in [0.2, 0.25) is 34.8 Å². The lowest BCUT2D eigenvalue weighted by Gasteiger charge is -2.09. The molecule has 0 aliphatic heterocycles. The molecule has 0 amide bonds. The minimum atomic E-state index is -2.24. The van der Waals surface area contributed by atoms with Crippen molar-refractivity contribution in [3.63, 3.8) is 0 Å². The highest BCUT2D eigenvalue weighted by Crippen LogP contribution is 2.32. The van der Waals surface area contributed by atoms with Crippen LogP contribution in [0.15, 0.2) is 24.3 Å². The van der Waals surface area contributed by atoms with Gasteiger partial charge >= 0.3 is 0 Å². The average molecular weight is 284 g/mol. The molecule has 0 saturated carbocycles. The lowest BCUT2D eigenvalue weighted by Crippen LogP contribution is -2.04. The molecule has 0 unspecified atom stereocenters. The van der Waals surface area contributed by atoms with Crippen molar-refractivity contribution < 1.29 is 26.7 Å². The molecular formula is C14H5F5O. The van der Waals surface area contributed by atoms with Crippen molar-refractivity contribution in [2.45, 2.75) is 0 Å². The molecule has 0 heterocycles. The lowest BCUT2D eigenvalue weighted by molar-refractivity contribution is 0.332. The second-order valence-electron chi connectivity index (χ2n) is 3.67. The van der Waals surface area contributed by atoms with Crippen molar-refractivity contribution in [1.29, 1.82) is 0 Å². The van der Waals surface area contributed by atoms with Crippen molar-refractivity contribution in [2.24, 2.45) is 0 Å². The van der Waals surface area contributed by atoms with E-state index in [1.54, 1.807) is 0 Å². The molecule has 102 valence electrons. The van der Waals surface area contributed by atoms with Crippen LogP contribution in [0.4, 0.5) is 22.0 Å². The van der Waals surface area contributed by atoms with E-state index in [1.165, 1.54) is 24.3 Å². The molecular weight excluding hydrogens is 279 g/mol. The summed E-state index contributed by atoms with van der Waals surface area (Å²) in [6.45, 7) is 0. The van der Waals surface area contributed by atoms with Gasteiger partial charge in [0.05, 0.1) is 0 Å². The van der Waals surface area contributed by atoms with Crippen LogP contribution in [-0.2, 0) is 0 Å². The first-order chi connectivity index (χ1) is 9.45. The number of terminal acetylenes is 1. The summed E-state index contributed by atoms with van der Waals surface area (Å²) in [6, 6.07) is 5.27. The van der Waals surface area contributed by atoms with Crippen LogP contribution in [0.3, 0.4) is 0 Å². The molecule has 0 aromatic heterocycles. The number of halogens is 5. The van der Waals surface area contributed by atoms with Gasteiger partial charge in [0.1, 0.15) is 5.75 Å². The molecule has 0 aliphatic carbocycles. The monoisotopic (exact) mass is 284 g/mol. The standard InChI is InChI=1S/C14H5F5O/c1-2-7-3-5-8(6-4-7)20-14-12(18)10(16)9(15)11(17)13(14)19/h1,3-6H. The summed E-state index contributed by atoms with van der Waals surface area (Å²) in [5, 5.41) is 0. The second kappa shape index (κ2) is 5.21. The molecule has 6 heteroatoms. The Labute approximate surface area is 110 Å². The van der Waals surface area contributed by atoms with Crippen molar-refractivity contribution in [2.75, 3.05) is 0 Å². The number of hydrogen-bond acceptors (Lipinski definition) is 1. The Kier molecular flexibility index (Phi) is 3.61. The molecule has 0 bridgehead atoms. The highest BCUT2D eigenvalue weighted by atomic mass is 19.2. The zero-order chi connectivity index (χ0) is 14.9. The zero-order valence-corrected chi connectivity index (χ0v) is 9.68. The Bertz CT molecular complexity index is 672. The third-order valence-corrected chi connectivity index (χ3v) is 2.41. The predicted molar refractivity (Wildman–Crippen MR) is 60.7 cm³/mol. The van der Waals surface area contributed by atoms with Crippen molar-refractivity contribution in [3.8, 4) is 23.8 Å². The SMILES string of the molecule is C#Cc1ccc(Oc2c(F)c(F)c(F)c(F)c2F)cc1. The van der Waals surface area contributed by atoms with Crippen molar-refractivity contribution in [3.05, 3.63) is 58.9 Å². The van der Waals surface area contributed by atoms with E-state index in [1.807, 2.05) is 0 Å². The highest BCUT2D eigenvalue weighted by molar-refractivity contribution is 5.40. The molecule has 0 aliphatic rings. The largest absolute Gasteiger partial charge is 0.451 e. The van der Waals surface area contributed by atoms with Gasteiger partial charge in [-0.3, -0.25) is 0 Å². The third kappa shape index (κ3) is 2.30. The van der Waals surface area contributed by atoms with Crippen LogP contribution in [0.25, 0.3) is 0 Å². The molecule has 0 saturated heterocycles. The molecule has 0 radical (unpaired) electrons. The zero-order valence-electron chi connectivity index (χ0n) is 9.68. The summed E-state index contributed by atoms with van der Waals surface area (Å²) in [4.78, 5) is 0. The third-order valence-electron chi connectivity index (χ3n) is 2.41. The van der Waals surface area contributed by atoms with Gasteiger partial charge in [0.15, 0.2) is 0 Å². The van der Waals surface area contributed by atoms with Crippen LogP contribution in [0.5, 0.6) is 11.5 Å². The summed E-state index contributed by atoms with van der Waals surface area (Å²) >= 11 is 0. The van der Waals surface area contributed by atoms with Gasteiger partial charge in [0.25, 0.3) is 0 Å². The average Bonchev–Trinajstić information content (AvgIpc) is 2.48. The van der Waals surface area contributed by atoms with Crippen LogP contribution in [0.1, 0.15) is 5.56 Å². The van der Waals surface area contributed by atoms with Crippen LogP contribution in [0.2, 0.25) is 0 Å². The van der Waals surface area contributed by atoms with E-state index in [9.17, 15) is 22.0 Å². The van der Waals surface area contributed by atoms with Gasteiger partial charge < -0.3 is 4.74 Å². The first kappa shape index (κ1) is 13.9. The maximum atomic E-state index is 13.4. The van der Waals surface area contributed by atoms with E-state index in [0.717, 1.165) is 0 Å². The summed E-state index contributed by atoms with van der Waals surface area (Å²) in [5.41, 5.74) is 0.467. The predicted octanol–water partition coefficient (Wildman–Crippen LogP) is 4.16. The second-order valence-corrected chi connectivity index (χ2v) is 3.67. The Morgan fingerprint density at radius 3 is 1.65 bits per heavy atom. The summed E-state index contributed by atoms with van der Waals surface area (Å²) in [7, 11) is 0. The number of rotatable bonds is 2. The van der Waals surface area contributed by atoms with Gasteiger partial charge in [-0.05, 0) is 24.3 Å². The minimum Gasteiger partial charge on any atom is -0.451 e. The topological polar surface area (TPSA) is 9.23 Å². The fourth-order valence-corrected chi connectivity index (χ4v) is 1.41. The normalized spacial score (nSPS) is 10.2. The first-order valence-corrected chi connectivity index (χ1v) is 5.21. The first-order valence-electron chi connectivity index (χ1n) is 5.21. The molecule has 20 heavy (non-hydrogen) atoms. The maximum absolute atomic E-state index is 13.4. The van der Waals surface area contributed by atoms with Gasteiger partial charge in [-0.2, -0.15) is 8.78 Å². The Hall–Kier alpha value is -2.55. The van der Waals surface area contributed by atoms with Crippen LogP contribution >= 0.6 is 0 Å². The van der Waals surface area contributed by atoms with Gasteiger partial charge in [-0.1, -0.05) is 5.92 Å². The number of benzene rings is 2. The Balaban J connectivity index is 2.46. The quantitative estimate of drug-likeness (QED) is 0.348. The van der Waals surface area contributed by atoms with Crippen LogP contribution in [-0.4, -0.2) is 0 Å². The Morgan fingerprint density at radius 2 is 1.20 bits per heavy atom. The van der Waals surface area contributed by atoms with Gasteiger partial charge in [-0.25, -0.2) is 13.2 Å². The summed E-state index contributed by atoms with van der Waals surface area (Å²) in [5.74, 6) is -9.65. The van der Waals surface area contributed by atoms with E-state index >= 15 is 0 Å². The van der Waals surface area contributed by atoms with E-state index in [0.29, 0.717) is 5.56 Å². The fraction of sp³-hybridized carbons (Fsp3) is 0. The van der Waals surface area contributed by atoms with Crippen molar-refractivity contribution >= 4 is 0 Å². The molecule has 0 N–H and O–H groups in total. The Morgan fingerprint density at radius 1 is 0.750 bits per heavy atom. The van der Waals surface area contributed by atoms with Crippen LogP contribution < -0.4 is 4.74 Å². The van der Waals surface area contributed by atoms with Crippen molar-refractivity contribution in [1.82, 2.24) is 0 Å². The molecule has 2 aromatic rings. The smallest absolute Gasteiger partial charge is 0.207 e. The van der Waals surface area contributed by atoms with E-state index in [-0.39, 0.29) is 5.75 Å². The van der Waals surface area contributed by atoms with E-state index < -0.39 is 34.8 Å². The molecule has 0 fully saturated rings. The van der Waals surface area contributed by atoms with Gasteiger partial charge in [-0.15, -0.1) is 6.42 Å². The highest BCUT2D eigenvalue weighted by Gasteiger charge is 2.27. The molecule has 1 nitrogen and oxygen atoms in total. The molecule has 2 aromatic carbocycles. The van der Waals surface area contributed by atoms with Gasteiger partial charge in [0, 0.05) is 5.56 Å². The van der Waals surface area contributed by atoms with Crippen LogP contribution in [0, 0.1) is 41.4 Å². The lowest BCUT2D eigenvalue weighted by atomic mass is 10.2. The van der Waals surface area contributed by atoms with E-state index in [2.05, 4.69) is 5.92 Å². The number of ether oxygens (including phenoxy) is 1. The molecule has 0 spiro atoms. The molecule has 0 atom stereocenters. The van der Waals surface area contributed by atoms with E-state index in [4.69, 9.17) is 11.2 Å². The summed E-state index contributed by atoms with van der Waals surface area (Å²) in [6.07, 6.45) is 5.11. The fourth-order valence-electron chi connectivity index (χ4n) is 1.41.